The van der Waals surface area contributed by atoms with Crippen LogP contribution >= 0.6 is 11.6 Å². The summed E-state index contributed by atoms with van der Waals surface area (Å²) < 4.78 is 41.2. The Kier molecular flexibility index (Phi) is 7.57. The maximum atomic E-state index is 13.4. The Labute approximate surface area is 212 Å². The highest BCUT2D eigenvalue weighted by Gasteiger charge is 2.37. The molecule has 36 heavy (non-hydrogen) atoms. The number of aliphatic hydroxyl groups is 2. The quantitative estimate of drug-likeness (QED) is 0.568. The van der Waals surface area contributed by atoms with Crippen molar-refractivity contribution in [1.82, 2.24) is 19.6 Å². The summed E-state index contributed by atoms with van der Waals surface area (Å²) in [6, 6.07) is 3.60. The molecule has 4 rings (SSSR count). The molecule has 198 valence electrons. The fourth-order valence-electron chi connectivity index (χ4n) is 4.92. The van der Waals surface area contributed by atoms with Gasteiger partial charge < -0.3 is 20.0 Å². The summed E-state index contributed by atoms with van der Waals surface area (Å²) in [5, 5.41) is 22.5. The Morgan fingerprint density at radius 2 is 1.83 bits per heavy atom. The molecule has 0 spiro atoms. The lowest BCUT2D eigenvalue weighted by Crippen LogP contribution is -2.53. The van der Waals surface area contributed by atoms with Crippen LogP contribution in [0.5, 0.6) is 0 Å². The van der Waals surface area contributed by atoms with Crippen molar-refractivity contribution >= 4 is 23.3 Å². The van der Waals surface area contributed by atoms with E-state index in [1.54, 1.807) is 11.0 Å². The molecule has 1 amide bonds. The largest absolute Gasteiger partial charge is 0.416 e. The zero-order chi connectivity index (χ0) is 26.3. The number of anilines is 1. The molecule has 3 heterocycles. The highest BCUT2D eigenvalue weighted by Crippen LogP contribution is 2.37. The Bertz CT molecular complexity index is 1090. The number of halogens is 4. The van der Waals surface area contributed by atoms with Crippen LogP contribution in [0.1, 0.15) is 55.7 Å². The molecule has 2 N–H and O–H groups in total. The maximum Gasteiger partial charge on any atom is 0.416 e. The van der Waals surface area contributed by atoms with E-state index >= 15 is 0 Å². The third-order valence-electron chi connectivity index (χ3n) is 7.44. The summed E-state index contributed by atoms with van der Waals surface area (Å²) in [5.41, 5.74) is 0.410. The Balaban J connectivity index is 1.45. The van der Waals surface area contributed by atoms with E-state index in [0.29, 0.717) is 38.2 Å². The molecule has 0 saturated carbocycles. The molecule has 0 radical (unpaired) electrons. The number of aromatic nitrogens is 2. The molecule has 0 bridgehead atoms. The molecule has 0 atom stereocenters. The van der Waals surface area contributed by atoms with Gasteiger partial charge in [0.15, 0.2) is 6.29 Å². The van der Waals surface area contributed by atoms with Crippen LogP contribution in [0.25, 0.3) is 0 Å². The van der Waals surface area contributed by atoms with Crippen LogP contribution in [0.15, 0.2) is 24.4 Å². The van der Waals surface area contributed by atoms with E-state index in [4.69, 9.17) is 11.6 Å². The van der Waals surface area contributed by atoms with Crippen molar-refractivity contribution in [1.29, 1.82) is 0 Å². The van der Waals surface area contributed by atoms with E-state index in [2.05, 4.69) is 16.9 Å². The van der Waals surface area contributed by atoms with Gasteiger partial charge in [-0.2, -0.15) is 23.0 Å². The van der Waals surface area contributed by atoms with Crippen LogP contribution in [0.2, 0.25) is 5.02 Å². The summed E-state index contributed by atoms with van der Waals surface area (Å²) in [7, 11) is 1.96. The first-order valence-corrected chi connectivity index (χ1v) is 12.3. The van der Waals surface area contributed by atoms with Crippen molar-refractivity contribution in [2.24, 2.45) is 0 Å². The van der Waals surface area contributed by atoms with Crippen molar-refractivity contribution in [2.75, 3.05) is 38.1 Å². The Morgan fingerprint density at radius 1 is 1.19 bits per heavy atom. The zero-order valence-electron chi connectivity index (χ0n) is 20.3. The minimum Gasteiger partial charge on any atom is -0.371 e. The monoisotopic (exact) mass is 529 g/mol. The predicted molar refractivity (Wildman–Crippen MR) is 129 cm³/mol. The van der Waals surface area contributed by atoms with Gasteiger partial charge in [0.05, 0.1) is 16.8 Å². The normalized spacial score (nSPS) is 18.5. The van der Waals surface area contributed by atoms with Crippen LogP contribution < -0.4 is 4.90 Å². The highest BCUT2D eigenvalue weighted by atomic mass is 35.5. The van der Waals surface area contributed by atoms with Crippen molar-refractivity contribution in [3.05, 3.63) is 46.2 Å². The standard InChI is InChI=1S/C24H31ClF3N5O3/c1-23(7-11-32(12-8-23)22(36)33-15-18(25)20(29-33)21(34)35)30(2)14-16-5-6-17(24(26,27)28)13-19(16)31-9-3-4-10-31/h5-6,13,15,21,34-35H,3-4,7-12,14H2,1-2H3. The molecule has 2 aromatic rings. The number of hydrogen-bond donors (Lipinski definition) is 2. The van der Waals surface area contributed by atoms with Crippen molar-refractivity contribution in [3.63, 3.8) is 0 Å². The average Bonchev–Trinajstić information content (AvgIpc) is 3.48. The molecule has 0 unspecified atom stereocenters. The van der Waals surface area contributed by atoms with Gasteiger partial charge in [0.1, 0.15) is 5.69 Å². The zero-order valence-corrected chi connectivity index (χ0v) is 21.1. The second-order valence-corrected chi connectivity index (χ2v) is 10.2. The molecular weight excluding hydrogens is 499 g/mol. The predicted octanol–water partition coefficient (Wildman–Crippen LogP) is 4.09. The topological polar surface area (TPSA) is 85.1 Å². The fourth-order valence-corrected chi connectivity index (χ4v) is 5.15. The van der Waals surface area contributed by atoms with Gasteiger partial charge in [0.25, 0.3) is 0 Å². The smallest absolute Gasteiger partial charge is 0.371 e. The SMILES string of the molecule is CN(Cc1ccc(C(F)(F)F)cc1N1CCCC1)C1(C)CCN(C(=O)n2cc(Cl)c(C(O)O)n2)CC1. The number of nitrogens with zero attached hydrogens (tertiary/aromatic N) is 5. The van der Waals surface area contributed by atoms with Gasteiger partial charge in [-0.1, -0.05) is 17.7 Å². The number of likely N-dealkylation sites (tertiary alicyclic amines) is 1. The Hall–Kier alpha value is -2.34. The molecular formula is C24H31ClF3N5O3. The van der Waals surface area contributed by atoms with Crippen LogP contribution in [-0.4, -0.2) is 74.6 Å². The number of benzene rings is 1. The molecule has 0 aliphatic carbocycles. The van der Waals surface area contributed by atoms with Crippen molar-refractivity contribution in [2.45, 2.75) is 57.2 Å². The lowest BCUT2D eigenvalue weighted by Gasteiger charge is -2.45. The van der Waals surface area contributed by atoms with Gasteiger partial charge in [0.2, 0.25) is 0 Å². The van der Waals surface area contributed by atoms with E-state index < -0.39 is 24.1 Å². The lowest BCUT2D eigenvalue weighted by atomic mass is 9.87. The summed E-state index contributed by atoms with van der Waals surface area (Å²) >= 11 is 5.93. The van der Waals surface area contributed by atoms with Gasteiger partial charge in [-0.15, -0.1) is 0 Å². The van der Waals surface area contributed by atoms with Gasteiger partial charge in [-0.25, -0.2) is 4.79 Å². The second kappa shape index (κ2) is 10.2. The van der Waals surface area contributed by atoms with E-state index in [1.165, 1.54) is 12.3 Å². The van der Waals surface area contributed by atoms with Crippen LogP contribution in [0, 0.1) is 0 Å². The number of alkyl halides is 3. The Morgan fingerprint density at radius 3 is 2.39 bits per heavy atom. The molecule has 12 heteroatoms. The highest BCUT2D eigenvalue weighted by molar-refractivity contribution is 6.31. The minimum absolute atomic E-state index is 0.00900. The number of rotatable bonds is 5. The lowest BCUT2D eigenvalue weighted by molar-refractivity contribution is -0.137. The third-order valence-corrected chi connectivity index (χ3v) is 7.73. The second-order valence-electron chi connectivity index (χ2n) is 9.84. The first-order chi connectivity index (χ1) is 16.9. The van der Waals surface area contributed by atoms with Gasteiger partial charge >= 0.3 is 12.2 Å². The molecule has 2 aliphatic rings. The van der Waals surface area contributed by atoms with Crippen molar-refractivity contribution < 1.29 is 28.2 Å². The maximum absolute atomic E-state index is 13.4. The first kappa shape index (κ1) is 26.7. The summed E-state index contributed by atoms with van der Waals surface area (Å²) in [5.74, 6) is 0. The number of hydrogen-bond acceptors (Lipinski definition) is 6. The molecule has 2 saturated heterocycles. The van der Waals surface area contributed by atoms with Crippen LogP contribution in [0.3, 0.4) is 0 Å². The number of amides is 1. The van der Waals surface area contributed by atoms with Gasteiger partial charge in [-0.3, -0.25) is 4.90 Å². The van der Waals surface area contributed by atoms with E-state index in [-0.39, 0.29) is 16.3 Å². The minimum atomic E-state index is -4.39. The van der Waals surface area contributed by atoms with E-state index in [1.807, 2.05) is 11.9 Å². The first-order valence-electron chi connectivity index (χ1n) is 12.0. The molecule has 1 aromatic heterocycles. The molecule has 8 nitrogen and oxygen atoms in total. The average molecular weight is 530 g/mol. The van der Waals surface area contributed by atoms with E-state index in [0.717, 1.165) is 42.2 Å². The van der Waals surface area contributed by atoms with Crippen LogP contribution in [0.4, 0.5) is 23.7 Å². The van der Waals surface area contributed by atoms with Gasteiger partial charge in [-0.05, 0) is 57.4 Å². The summed E-state index contributed by atoms with van der Waals surface area (Å²) in [6.07, 6.45) is -1.78. The van der Waals surface area contributed by atoms with Gasteiger partial charge in [0, 0.05) is 44.0 Å². The number of carbonyl (C=O) groups excluding carboxylic acids is 1. The third kappa shape index (κ3) is 5.49. The van der Waals surface area contributed by atoms with Crippen molar-refractivity contribution in [3.8, 4) is 0 Å². The number of carbonyl (C=O) groups is 1. The molecule has 1 aromatic carbocycles. The fraction of sp³-hybridized carbons (Fsp3) is 0.583. The molecule has 2 fully saturated rings. The summed E-state index contributed by atoms with van der Waals surface area (Å²) in [6.45, 7) is 4.97. The molecule has 2 aliphatic heterocycles. The van der Waals surface area contributed by atoms with Crippen LogP contribution in [-0.2, 0) is 12.7 Å². The summed E-state index contributed by atoms with van der Waals surface area (Å²) in [4.78, 5) is 18.7. The number of aliphatic hydroxyl groups excluding tert-OH is 1. The number of piperidine rings is 1. The van der Waals surface area contributed by atoms with E-state index in [9.17, 15) is 28.2 Å².